The lowest BCUT2D eigenvalue weighted by Crippen LogP contribution is -2.45. The normalized spacial score (nSPS) is 10.5. The molecule has 0 aliphatic rings. The highest BCUT2D eigenvalue weighted by Gasteiger charge is 2.05. The van der Waals surface area contributed by atoms with Crippen LogP contribution in [0.15, 0.2) is 42.5 Å². The van der Waals surface area contributed by atoms with E-state index in [1.807, 2.05) is 36.4 Å². The van der Waals surface area contributed by atoms with Crippen molar-refractivity contribution in [1.82, 2.24) is 16.2 Å². The third-order valence-electron chi connectivity index (χ3n) is 2.69. The van der Waals surface area contributed by atoms with Crippen molar-refractivity contribution >= 4 is 41.0 Å². The number of thiophene rings is 1. The Hall–Kier alpha value is -2.31. The van der Waals surface area contributed by atoms with Gasteiger partial charge in [-0.1, -0.05) is 29.8 Å². The summed E-state index contributed by atoms with van der Waals surface area (Å²) in [6.45, 7) is 0. The largest absolute Gasteiger partial charge is 0.340 e. The second kappa shape index (κ2) is 7.63. The molecule has 0 spiro atoms. The highest BCUT2D eigenvalue weighted by molar-refractivity contribution is 7.16. The number of hydrazine groups is 1. The summed E-state index contributed by atoms with van der Waals surface area (Å²) in [5, 5.41) is 3.01. The first-order chi connectivity index (χ1) is 10.6. The number of hydrogen-bond acceptors (Lipinski definition) is 3. The van der Waals surface area contributed by atoms with E-state index in [0.29, 0.717) is 5.02 Å². The molecule has 0 unspecified atom stereocenters. The SMILES string of the molecule is CNC(=O)NNC(=O)C=Cc1ccc(-c2ccccc2Cl)s1. The molecule has 1 heterocycles. The van der Waals surface area contributed by atoms with E-state index in [9.17, 15) is 9.59 Å². The fraction of sp³-hybridized carbons (Fsp3) is 0.0667. The quantitative estimate of drug-likeness (QED) is 0.596. The molecule has 0 saturated heterocycles. The number of hydrogen-bond donors (Lipinski definition) is 3. The minimum atomic E-state index is -0.487. The van der Waals surface area contributed by atoms with Crippen molar-refractivity contribution in [3.63, 3.8) is 0 Å². The van der Waals surface area contributed by atoms with Crippen molar-refractivity contribution in [3.05, 3.63) is 52.4 Å². The maximum Gasteiger partial charge on any atom is 0.333 e. The van der Waals surface area contributed by atoms with Crippen molar-refractivity contribution in [1.29, 1.82) is 0 Å². The number of benzene rings is 1. The van der Waals surface area contributed by atoms with Crippen LogP contribution in [0, 0.1) is 0 Å². The zero-order valence-corrected chi connectivity index (χ0v) is 13.3. The predicted molar refractivity (Wildman–Crippen MR) is 89.5 cm³/mol. The maximum absolute atomic E-state index is 11.5. The number of halogens is 1. The molecule has 1 aromatic carbocycles. The Morgan fingerprint density at radius 3 is 2.64 bits per heavy atom. The van der Waals surface area contributed by atoms with Crippen LogP contribution in [0.1, 0.15) is 4.88 Å². The molecular formula is C15H14ClN3O2S. The highest BCUT2D eigenvalue weighted by atomic mass is 35.5. The van der Waals surface area contributed by atoms with Crippen LogP contribution in [0.25, 0.3) is 16.5 Å². The Kier molecular flexibility index (Phi) is 5.57. The lowest BCUT2D eigenvalue weighted by molar-refractivity contribution is -0.117. The van der Waals surface area contributed by atoms with Gasteiger partial charge in [-0.3, -0.25) is 10.2 Å². The van der Waals surface area contributed by atoms with Gasteiger partial charge in [-0.05, 0) is 24.3 Å². The minimum Gasteiger partial charge on any atom is -0.340 e. The first-order valence-electron chi connectivity index (χ1n) is 6.40. The predicted octanol–water partition coefficient (Wildman–Crippen LogP) is 3.04. The summed E-state index contributed by atoms with van der Waals surface area (Å²) in [7, 11) is 1.46. The summed E-state index contributed by atoms with van der Waals surface area (Å²) in [5.74, 6) is -0.420. The molecular weight excluding hydrogens is 322 g/mol. The number of amides is 3. The standard InChI is InChI=1S/C15H14ClN3O2S/c1-17-15(21)19-18-14(20)9-7-10-6-8-13(22-10)11-4-2-3-5-12(11)16/h2-9H,1H3,(H,18,20)(H2,17,19,21). The average Bonchev–Trinajstić information content (AvgIpc) is 2.99. The van der Waals surface area contributed by atoms with Crippen LogP contribution >= 0.6 is 22.9 Å². The number of urea groups is 1. The molecule has 0 bridgehead atoms. The molecule has 0 radical (unpaired) electrons. The van der Waals surface area contributed by atoms with Crippen molar-refractivity contribution in [2.75, 3.05) is 7.05 Å². The zero-order valence-electron chi connectivity index (χ0n) is 11.7. The second-order valence-electron chi connectivity index (χ2n) is 4.21. The lowest BCUT2D eigenvalue weighted by Gasteiger charge is -2.02. The van der Waals surface area contributed by atoms with Gasteiger partial charge in [0.25, 0.3) is 5.91 Å². The summed E-state index contributed by atoms with van der Waals surface area (Å²) < 4.78 is 0. The van der Waals surface area contributed by atoms with Crippen LogP contribution in [0.3, 0.4) is 0 Å². The Balaban J connectivity index is 2.00. The van der Waals surface area contributed by atoms with Gasteiger partial charge in [0.1, 0.15) is 0 Å². The first kappa shape index (κ1) is 16.1. The molecule has 7 heteroatoms. The van der Waals surface area contributed by atoms with Gasteiger partial charge in [0.15, 0.2) is 0 Å². The summed E-state index contributed by atoms with van der Waals surface area (Å²) in [6, 6.07) is 11.0. The van der Waals surface area contributed by atoms with Crippen LogP contribution in [0.2, 0.25) is 5.02 Å². The molecule has 22 heavy (non-hydrogen) atoms. The van der Waals surface area contributed by atoms with Crippen LogP contribution < -0.4 is 16.2 Å². The van der Waals surface area contributed by atoms with Crippen LogP contribution in [0.5, 0.6) is 0 Å². The first-order valence-corrected chi connectivity index (χ1v) is 7.60. The molecule has 0 saturated carbocycles. The molecule has 3 amide bonds. The number of carbonyl (C=O) groups is 2. The van der Waals surface area contributed by atoms with Gasteiger partial charge in [-0.2, -0.15) is 0 Å². The van der Waals surface area contributed by atoms with Crippen molar-refractivity contribution < 1.29 is 9.59 Å². The van der Waals surface area contributed by atoms with E-state index in [0.717, 1.165) is 15.3 Å². The fourth-order valence-corrected chi connectivity index (χ4v) is 2.87. The van der Waals surface area contributed by atoms with Crippen molar-refractivity contribution in [3.8, 4) is 10.4 Å². The van der Waals surface area contributed by atoms with Gasteiger partial charge >= 0.3 is 6.03 Å². The van der Waals surface area contributed by atoms with E-state index in [1.54, 1.807) is 6.08 Å². The highest BCUT2D eigenvalue weighted by Crippen LogP contribution is 2.33. The Labute approximate surface area is 137 Å². The Morgan fingerprint density at radius 1 is 1.14 bits per heavy atom. The van der Waals surface area contributed by atoms with Crippen LogP contribution in [-0.4, -0.2) is 19.0 Å². The van der Waals surface area contributed by atoms with Crippen LogP contribution in [-0.2, 0) is 4.79 Å². The van der Waals surface area contributed by atoms with Crippen molar-refractivity contribution in [2.45, 2.75) is 0 Å². The molecule has 0 atom stereocenters. The molecule has 0 fully saturated rings. The van der Waals surface area contributed by atoms with E-state index < -0.39 is 11.9 Å². The molecule has 3 N–H and O–H groups in total. The second-order valence-corrected chi connectivity index (χ2v) is 5.73. The third-order valence-corrected chi connectivity index (χ3v) is 4.10. The molecule has 2 aromatic rings. The maximum atomic E-state index is 11.5. The van der Waals surface area contributed by atoms with Gasteiger partial charge in [0, 0.05) is 33.5 Å². The number of carbonyl (C=O) groups excluding carboxylic acids is 2. The number of nitrogens with one attached hydrogen (secondary N) is 3. The topological polar surface area (TPSA) is 70.2 Å². The minimum absolute atomic E-state index is 0.420. The lowest BCUT2D eigenvalue weighted by atomic mass is 10.2. The molecule has 2 rings (SSSR count). The van der Waals surface area contributed by atoms with E-state index in [1.165, 1.54) is 24.5 Å². The average molecular weight is 336 g/mol. The van der Waals surface area contributed by atoms with Crippen LogP contribution in [0.4, 0.5) is 4.79 Å². The Bertz CT molecular complexity index is 712. The smallest absolute Gasteiger partial charge is 0.333 e. The van der Waals surface area contributed by atoms with Gasteiger partial charge in [-0.25, -0.2) is 10.2 Å². The zero-order chi connectivity index (χ0) is 15.9. The van der Waals surface area contributed by atoms with Crippen molar-refractivity contribution in [2.24, 2.45) is 0 Å². The third kappa shape index (κ3) is 4.34. The van der Waals surface area contributed by atoms with Gasteiger partial charge < -0.3 is 5.32 Å². The fourth-order valence-electron chi connectivity index (χ4n) is 1.63. The van der Waals surface area contributed by atoms with Gasteiger partial charge in [-0.15, -0.1) is 11.3 Å². The van der Waals surface area contributed by atoms with E-state index in [2.05, 4.69) is 16.2 Å². The number of rotatable bonds is 3. The molecule has 0 aliphatic carbocycles. The van der Waals surface area contributed by atoms with E-state index in [-0.39, 0.29) is 0 Å². The van der Waals surface area contributed by atoms with E-state index in [4.69, 9.17) is 11.6 Å². The van der Waals surface area contributed by atoms with Gasteiger partial charge in [0.2, 0.25) is 0 Å². The summed E-state index contributed by atoms with van der Waals surface area (Å²) >= 11 is 7.68. The summed E-state index contributed by atoms with van der Waals surface area (Å²) in [6.07, 6.45) is 3.02. The summed E-state index contributed by atoms with van der Waals surface area (Å²) in [4.78, 5) is 24.4. The molecule has 5 nitrogen and oxygen atoms in total. The van der Waals surface area contributed by atoms with Gasteiger partial charge in [0.05, 0.1) is 0 Å². The summed E-state index contributed by atoms with van der Waals surface area (Å²) in [5.41, 5.74) is 5.40. The molecule has 114 valence electrons. The molecule has 0 aliphatic heterocycles. The van der Waals surface area contributed by atoms with E-state index >= 15 is 0 Å². The molecule has 1 aromatic heterocycles. The monoisotopic (exact) mass is 335 g/mol. The Morgan fingerprint density at radius 2 is 1.91 bits per heavy atom.